The lowest BCUT2D eigenvalue weighted by atomic mass is 10.0. The fourth-order valence-electron chi connectivity index (χ4n) is 2.21. The summed E-state index contributed by atoms with van der Waals surface area (Å²) in [5.41, 5.74) is 1.02. The number of alkyl halides is 2. The Balaban J connectivity index is 2.01. The van der Waals surface area contributed by atoms with Gasteiger partial charge in [-0.15, -0.1) is 0 Å². The summed E-state index contributed by atoms with van der Waals surface area (Å²) in [5.74, 6) is -1.13. The molecule has 0 bridgehead atoms. The maximum absolute atomic E-state index is 12.6. The van der Waals surface area contributed by atoms with E-state index in [-0.39, 0.29) is 12.2 Å². The summed E-state index contributed by atoms with van der Waals surface area (Å²) in [4.78, 5) is 22.9. The van der Waals surface area contributed by atoms with E-state index in [1.165, 1.54) is 24.3 Å². The Morgan fingerprint density at radius 1 is 1.00 bits per heavy atom. The first-order valence-corrected chi connectivity index (χ1v) is 7.52. The highest BCUT2D eigenvalue weighted by Gasteiger charge is 2.19. The monoisotopic (exact) mass is 349 g/mol. The summed E-state index contributed by atoms with van der Waals surface area (Å²) in [7, 11) is 0. The van der Waals surface area contributed by atoms with E-state index in [4.69, 9.17) is 9.84 Å². The Labute approximate surface area is 143 Å². The van der Waals surface area contributed by atoms with Gasteiger partial charge >= 0.3 is 12.1 Å². The Morgan fingerprint density at radius 2 is 1.60 bits per heavy atom. The summed E-state index contributed by atoms with van der Waals surface area (Å²) < 4.78 is 30.3. The van der Waals surface area contributed by atoms with Crippen LogP contribution in [0.1, 0.15) is 35.6 Å². The van der Waals surface area contributed by atoms with Crippen molar-refractivity contribution >= 4 is 12.1 Å². The maximum Gasteiger partial charge on any atom is 0.407 e. The molecule has 0 aliphatic carbocycles. The zero-order valence-electron chi connectivity index (χ0n) is 13.2. The summed E-state index contributed by atoms with van der Waals surface area (Å²) in [6.45, 7) is 0.0385. The second-order valence-electron chi connectivity index (χ2n) is 5.32. The van der Waals surface area contributed by atoms with E-state index in [0.29, 0.717) is 5.56 Å². The number of benzene rings is 2. The Morgan fingerprint density at radius 3 is 2.16 bits per heavy atom. The van der Waals surface area contributed by atoms with Crippen LogP contribution in [0.2, 0.25) is 0 Å². The molecule has 0 spiro atoms. The molecule has 2 aromatic carbocycles. The number of hydrogen-bond acceptors (Lipinski definition) is 3. The van der Waals surface area contributed by atoms with Crippen LogP contribution in [0, 0.1) is 0 Å². The van der Waals surface area contributed by atoms with E-state index in [0.717, 1.165) is 5.56 Å². The molecule has 0 unspecified atom stereocenters. The van der Waals surface area contributed by atoms with Gasteiger partial charge in [-0.2, -0.15) is 0 Å². The molecule has 0 radical (unpaired) electrons. The van der Waals surface area contributed by atoms with Crippen LogP contribution in [0.3, 0.4) is 0 Å². The van der Waals surface area contributed by atoms with Crippen LogP contribution in [-0.4, -0.2) is 17.2 Å². The largest absolute Gasteiger partial charge is 0.481 e. The van der Waals surface area contributed by atoms with Crippen molar-refractivity contribution in [2.24, 2.45) is 0 Å². The third kappa shape index (κ3) is 5.87. The van der Waals surface area contributed by atoms with Crippen molar-refractivity contribution in [3.05, 3.63) is 71.3 Å². The van der Waals surface area contributed by atoms with Crippen molar-refractivity contribution in [1.82, 2.24) is 5.32 Å². The highest BCUT2D eigenvalue weighted by atomic mass is 19.3. The molecule has 0 aliphatic heterocycles. The molecule has 7 heteroatoms. The number of nitrogens with one attached hydrogen (secondary N) is 1. The number of hydrogen-bond donors (Lipinski definition) is 2. The number of alkyl carbamates (subject to hydrolysis) is 1. The molecule has 2 aromatic rings. The number of ether oxygens (including phenoxy) is 1. The van der Waals surface area contributed by atoms with E-state index in [1.54, 1.807) is 24.3 Å². The number of carboxylic acids is 1. The molecule has 0 heterocycles. The van der Waals surface area contributed by atoms with Gasteiger partial charge in [0.2, 0.25) is 0 Å². The quantitative estimate of drug-likeness (QED) is 0.790. The molecule has 0 saturated carbocycles. The van der Waals surface area contributed by atoms with Crippen LogP contribution in [0.25, 0.3) is 0 Å². The molecule has 0 fully saturated rings. The molecular formula is C18H17F2NO4. The van der Waals surface area contributed by atoms with Crippen LogP contribution in [0.15, 0.2) is 54.6 Å². The van der Waals surface area contributed by atoms with Gasteiger partial charge in [0.1, 0.15) is 6.61 Å². The standard InChI is InChI=1S/C18H17F2NO4/c19-17(20)14-8-6-13(7-9-14)15(10-16(22)23)21-18(24)25-11-12-4-2-1-3-5-12/h1-9,15,17H,10-11H2,(H,21,24)(H,22,23)/t15-/m0/s1. The second kappa shape index (κ2) is 8.77. The maximum atomic E-state index is 12.6. The fourth-order valence-corrected chi connectivity index (χ4v) is 2.21. The van der Waals surface area contributed by atoms with Crippen molar-refractivity contribution in [1.29, 1.82) is 0 Å². The van der Waals surface area contributed by atoms with Crippen molar-refractivity contribution in [3.63, 3.8) is 0 Å². The molecule has 0 saturated heterocycles. The number of rotatable bonds is 7. The second-order valence-corrected chi connectivity index (χ2v) is 5.32. The number of carbonyl (C=O) groups is 2. The van der Waals surface area contributed by atoms with Gasteiger partial charge in [0.15, 0.2) is 0 Å². The minimum absolute atomic E-state index is 0.0385. The first kappa shape index (κ1) is 18.4. The molecule has 2 N–H and O–H groups in total. The number of carboxylic acid groups (broad SMARTS) is 1. The molecule has 132 valence electrons. The van der Waals surface area contributed by atoms with Gasteiger partial charge in [0.05, 0.1) is 12.5 Å². The zero-order chi connectivity index (χ0) is 18.2. The van der Waals surface area contributed by atoms with Gasteiger partial charge in [-0.3, -0.25) is 4.79 Å². The van der Waals surface area contributed by atoms with Crippen LogP contribution in [0.4, 0.5) is 13.6 Å². The first-order chi connectivity index (χ1) is 12.0. The minimum atomic E-state index is -2.62. The average molecular weight is 349 g/mol. The summed E-state index contributed by atoms with van der Waals surface area (Å²) in [6, 6.07) is 13.2. The predicted octanol–water partition coefficient (Wildman–Crippen LogP) is 4.07. The third-order valence-electron chi connectivity index (χ3n) is 3.47. The fraction of sp³-hybridized carbons (Fsp3) is 0.222. The van der Waals surface area contributed by atoms with E-state index in [1.807, 2.05) is 6.07 Å². The summed E-state index contributed by atoms with van der Waals surface area (Å²) in [5, 5.41) is 11.5. The van der Waals surface area contributed by atoms with E-state index in [9.17, 15) is 18.4 Å². The van der Waals surface area contributed by atoms with E-state index < -0.39 is 31.0 Å². The molecular weight excluding hydrogens is 332 g/mol. The SMILES string of the molecule is O=C(O)C[C@H](NC(=O)OCc1ccccc1)c1ccc(C(F)F)cc1. The lowest BCUT2D eigenvalue weighted by Gasteiger charge is -2.18. The van der Waals surface area contributed by atoms with Crippen molar-refractivity contribution in [2.75, 3.05) is 0 Å². The smallest absolute Gasteiger partial charge is 0.407 e. The van der Waals surface area contributed by atoms with Crippen LogP contribution in [0.5, 0.6) is 0 Å². The first-order valence-electron chi connectivity index (χ1n) is 7.52. The minimum Gasteiger partial charge on any atom is -0.481 e. The van der Waals surface area contributed by atoms with E-state index >= 15 is 0 Å². The lowest BCUT2D eigenvalue weighted by Crippen LogP contribution is -2.30. The Hall–Kier alpha value is -2.96. The number of carbonyl (C=O) groups excluding carboxylic acids is 1. The van der Waals surface area contributed by atoms with Crippen LogP contribution < -0.4 is 5.32 Å². The molecule has 0 aromatic heterocycles. The number of aliphatic carboxylic acids is 1. The topological polar surface area (TPSA) is 75.6 Å². The lowest BCUT2D eigenvalue weighted by molar-refractivity contribution is -0.137. The predicted molar refractivity (Wildman–Crippen MR) is 86.2 cm³/mol. The Bertz CT molecular complexity index is 705. The zero-order valence-corrected chi connectivity index (χ0v) is 13.2. The van der Waals surface area contributed by atoms with Crippen molar-refractivity contribution in [2.45, 2.75) is 25.5 Å². The van der Waals surface area contributed by atoms with E-state index in [2.05, 4.69) is 5.32 Å². The normalized spacial score (nSPS) is 11.8. The van der Waals surface area contributed by atoms with Crippen molar-refractivity contribution < 1.29 is 28.2 Å². The molecule has 1 amide bonds. The average Bonchev–Trinajstić information content (AvgIpc) is 2.60. The molecule has 25 heavy (non-hydrogen) atoms. The summed E-state index contributed by atoms with van der Waals surface area (Å²) >= 11 is 0. The third-order valence-corrected chi connectivity index (χ3v) is 3.47. The molecule has 5 nitrogen and oxygen atoms in total. The highest BCUT2D eigenvalue weighted by molar-refractivity contribution is 5.72. The molecule has 0 aliphatic rings. The van der Waals surface area contributed by atoms with Crippen LogP contribution in [-0.2, 0) is 16.1 Å². The van der Waals surface area contributed by atoms with Crippen molar-refractivity contribution in [3.8, 4) is 0 Å². The van der Waals surface area contributed by atoms with Gasteiger partial charge in [-0.1, -0.05) is 54.6 Å². The van der Waals surface area contributed by atoms with Gasteiger partial charge < -0.3 is 15.2 Å². The molecule has 2 rings (SSSR count). The van der Waals surface area contributed by atoms with Gasteiger partial charge in [-0.05, 0) is 11.1 Å². The summed E-state index contributed by atoms with van der Waals surface area (Å²) in [6.07, 6.45) is -3.79. The number of halogens is 2. The Kier molecular flexibility index (Phi) is 6.45. The molecule has 1 atom stereocenters. The van der Waals surface area contributed by atoms with Gasteiger partial charge in [-0.25, -0.2) is 13.6 Å². The number of amides is 1. The van der Waals surface area contributed by atoms with Crippen LogP contribution >= 0.6 is 0 Å². The van der Waals surface area contributed by atoms with Gasteiger partial charge in [0.25, 0.3) is 6.43 Å². The highest BCUT2D eigenvalue weighted by Crippen LogP contribution is 2.23. The van der Waals surface area contributed by atoms with Gasteiger partial charge in [0, 0.05) is 5.56 Å².